The van der Waals surface area contributed by atoms with Gasteiger partial charge in [0.05, 0.1) is 0 Å². The molecule has 0 aliphatic rings. The lowest BCUT2D eigenvalue weighted by atomic mass is 9.98. The predicted octanol–water partition coefficient (Wildman–Crippen LogP) is 1.80. The van der Waals surface area contributed by atoms with Gasteiger partial charge < -0.3 is 15.2 Å². The van der Waals surface area contributed by atoms with Crippen LogP contribution in [0.25, 0.3) is 0 Å². The molecule has 1 atom stereocenters. The van der Waals surface area contributed by atoms with Gasteiger partial charge in [0.15, 0.2) is 0 Å². The molecular formula is C10H18F3NO3. The zero-order chi connectivity index (χ0) is 13.5. The Morgan fingerprint density at radius 2 is 2.00 bits per heavy atom. The van der Waals surface area contributed by atoms with Crippen LogP contribution in [0.4, 0.5) is 13.2 Å². The van der Waals surface area contributed by atoms with Crippen LogP contribution in [-0.4, -0.2) is 42.5 Å². The number of alkyl halides is 3. The summed E-state index contributed by atoms with van der Waals surface area (Å²) in [7, 11) is 0. The van der Waals surface area contributed by atoms with Crippen LogP contribution in [0.2, 0.25) is 0 Å². The standard InChI is InChI=1S/C10H18F3NO3/c1-3-5-14-9(2,8(15)16)4-6-17-7-10(11,12)13/h14H,3-7H2,1-2H3,(H,15,16). The molecule has 0 fully saturated rings. The number of carbonyl (C=O) groups is 1. The first kappa shape index (κ1) is 16.2. The smallest absolute Gasteiger partial charge is 0.411 e. The number of hydrogen-bond donors (Lipinski definition) is 2. The van der Waals surface area contributed by atoms with Gasteiger partial charge in [-0.1, -0.05) is 6.92 Å². The molecule has 0 aromatic rings. The van der Waals surface area contributed by atoms with E-state index in [1.54, 1.807) is 0 Å². The molecular weight excluding hydrogens is 239 g/mol. The van der Waals surface area contributed by atoms with E-state index in [0.717, 1.165) is 6.42 Å². The van der Waals surface area contributed by atoms with Crippen molar-refractivity contribution in [2.75, 3.05) is 19.8 Å². The summed E-state index contributed by atoms with van der Waals surface area (Å²) in [4.78, 5) is 11.0. The predicted molar refractivity (Wildman–Crippen MR) is 55.8 cm³/mol. The number of hydrogen-bond acceptors (Lipinski definition) is 3. The third kappa shape index (κ3) is 7.17. The van der Waals surface area contributed by atoms with Crippen LogP contribution in [0.15, 0.2) is 0 Å². The Labute approximate surface area is 98.1 Å². The molecule has 2 N–H and O–H groups in total. The van der Waals surface area contributed by atoms with E-state index in [1.807, 2.05) is 6.92 Å². The zero-order valence-electron chi connectivity index (χ0n) is 9.93. The van der Waals surface area contributed by atoms with E-state index < -0.39 is 24.3 Å². The largest absolute Gasteiger partial charge is 0.480 e. The first-order valence-corrected chi connectivity index (χ1v) is 5.34. The lowest BCUT2D eigenvalue weighted by Crippen LogP contribution is -2.50. The Morgan fingerprint density at radius 3 is 2.41 bits per heavy atom. The molecule has 0 amide bonds. The average molecular weight is 257 g/mol. The summed E-state index contributed by atoms with van der Waals surface area (Å²) in [5, 5.41) is 11.8. The van der Waals surface area contributed by atoms with Gasteiger partial charge in [-0.15, -0.1) is 0 Å². The second-order valence-corrected chi connectivity index (χ2v) is 3.98. The van der Waals surface area contributed by atoms with Crippen molar-refractivity contribution in [3.05, 3.63) is 0 Å². The van der Waals surface area contributed by atoms with Crippen molar-refractivity contribution in [3.8, 4) is 0 Å². The fourth-order valence-electron chi connectivity index (χ4n) is 1.14. The van der Waals surface area contributed by atoms with Gasteiger partial charge in [0.2, 0.25) is 0 Å². The van der Waals surface area contributed by atoms with Crippen molar-refractivity contribution < 1.29 is 27.8 Å². The maximum absolute atomic E-state index is 11.8. The van der Waals surface area contributed by atoms with E-state index in [1.165, 1.54) is 6.92 Å². The Morgan fingerprint density at radius 1 is 1.41 bits per heavy atom. The topological polar surface area (TPSA) is 58.6 Å². The molecule has 0 aromatic carbocycles. The molecule has 102 valence electrons. The van der Waals surface area contributed by atoms with Crippen molar-refractivity contribution in [2.24, 2.45) is 0 Å². The quantitative estimate of drug-likeness (QED) is 0.651. The molecule has 0 aliphatic carbocycles. The number of ether oxygens (including phenoxy) is 1. The second-order valence-electron chi connectivity index (χ2n) is 3.98. The van der Waals surface area contributed by atoms with Crippen molar-refractivity contribution in [3.63, 3.8) is 0 Å². The van der Waals surface area contributed by atoms with Gasteiger partial charge in [-0.3, -0.25) is 4.79 Å². The fraction of sp³-hybridized carbons (Fsp3) is 0.900. The number of nitrogens with one attached hydrogen (secondary N) is 1. The van der Waals surface area contributed by atoms with Crippen LogP contribution in [0.5, 0.6) is 0 Å². The summed E-state index contributed by atoms with van der Waals surface area (Å²) in [6.45, 7) is 2.19. The lowest BCUT2D eigenvalue weighted by Gasteiger charge is -2.26. The van der Waals surface area contributed by atoms with E-state index >= 15 is 0 Å². The molecule has 0 aliphatic heterocycles. The summed E-state index contributed by atoms with van der Waals surface area (Å²) < 4.78 is 39.7. The number of aliphatic carboxylic acids is 1. The summed E-state index contributed by atoms with van der Waals surface area (Å²) >= 11 is 0. The number of rotatable bonds is 8. The van der Waals surface area contributed by atoms with Crippen molar-refractivity contribution >= 4 is 5.97 Å². The van der Waals surface area contributed by atoms with Gasteiger partial charge in [-0.2, -0.15) is 13.2 Å². The Balaban J connectivity index is 4.05. The molecule has 0 radical (unpaired) electrons. The Bertz CT molecular complexity index is 245. The van der Waals surface area contributed by atoms with Gasteiger partial charge >= 0.3 is 12.1 Å². The van der Waals surface area contributed by atoms with E-state index in [9.17, 15) is 18.0 Å². The van der Waals surface area contributed by atoms with Gasteiger partial charge in [-0.25, -0.2) is 0 Å². The van der Waals surface area contributed by atoms with Crippen LogP contribution in [-0.2, 0) is 9.53 Å². The monoisotopic (exact) mass is 257 g/mol. The van der Waals surface area contributed by atoms with Gasteiger partial charge in [0.25, 0.3) is 0 Å². The molecule has 0 aromatic heterocycles. The molecule has 0 saturated carbocycles. The fourth-order valence-corrected chi connectivity index (χ4v) is 1.14. The second kappa shape index (κ2) is 6.80. The van der Waals surface area contributed by atoms with E-state index in [2.05, 4.69) is 10.1 Å². The van der Waals surface area contributed by atoms with Crippen LogP contribution in [0, 0.1) is 0 Å². The third-order valence-electron chi connectivity index (χ3n) is 2.25. The molecule has 0 rings (SSSR count). The SMILES string of the molecule is CCCNC(C)(CCOCC(F)(F)F)C(=O)O. The third-order valence-corrected chi connectivity index (χ3v) is 2.25. The highest BCUT2D eigenvalue weighted by molar-refractivity contribution is 5.78. The van der Waals surface area contributed by atoms with Crippen LogP contribution in [0.3, 0.4) is 0 Å². The molecule has 17 heavy (non-hydrogen) atoms. The minimum atomic E-state index is -4.38. The summed E-state index contributed by atoms with van der Waals surface area (Å²) in [5.74, 6) is -1.10. The summed E-state index contributed by atoms with van der Waals surface area (Å²) in [6, 6.07) is 0. The first-order valence-electron chi connectivity index (χ1n) is 5.34. The van der Waals surface area contributed by atoms with Crippen molar-refractivity contribution in [2.45, 2.75) is 38.4 Å². The minimum Gasteiger partial charge on any atom is -0.480 e. The van der Waals surface area contributed by atoms with E-state index in [0.29, 0.717) is 6.54 Å². The van der Waals surface area contributed by atoms with Crippen molar-refractivity contribution in [1.29, 1.82) is 0 Å². The Kier molecular flexibility index (Phi) is 6.48. The van der Waals surface area contributed by atoms with Crippen LogP contribution >= 0.6 is 0 Å². The highest BCUT2D eigenvalue weighted by atomic mass is 19.4. The van der Waals surface area contributed by atoms with Crippen LogP contribution < -0.4 is 5.32 Å². The average Bonchev–Trinajstić information content (AvgIpc) is 2.20. The molecule has 0 heterocycles. The molecule has 4 nitrogen and oxygen atoms in total. The number of carboxylic acids is 1. The molecule has 7 heteroatoms. The normalized spacial score (nSPS) is 15.6. The maximum Gasteiger partial charge on any atom is 0.411 e. The van der Waals surface area contributed by atoms with Gasteiger partial charge in [0.1, 0.15) is 12.1 Å². The van der Waals surface area contributed by atoms with E-state index in [-0.39, 0.29) is 13.0 Å². The number of carboxylic acid groups (broad SMARTS) is 1. The molecule has 0 saturated heterocycles. The van der Waals surface area contributed by atoms with Gasteiger partial charge in [-0.05, 0) is 26.3 Å². The zero-order valence-corrected chi connectivity index (χ0v) is 9.93. The van der Waals surface area contributed by atoms with E-state index in [4.69, 9.17) is 5.11 Å². The molecule has 0 bridgehead atoms. The first-order chi connectivity index (χ1) is 7.71. The molecule has 1 unspecified atom stereocenters. The highest BCUT2D eigenvalue weighted by Crippen LogP contribution is 2.16. The highest BCUT2D eigenvalue weighted by Gasteiger charge is 2.33. The van der Waals surface area contributed by atoms with Crippen LogP contribution in [0.1, 0.15) is 26.7 Å². The number of halogens is 3. The summed E-state index contributed by atoms with van der Waals surface area (Å²) in [5.41, 5.74) is -1.25. The van der Waals surface area contributed by atoms with Crippen molar-refractivity contribution in [1.82, 2.24) is 5.32 Å². The molecule has 0 spiro atoms. The summed E-state index contributed by atoms with van der Waals surface area (Å²) in [6.07, 6.45) is -3.65. The lowest BCUT2D eigenvalue weighted by molar-refractivity contribution is -0.175. The minimum absolute atomic E-state index is 0.0155. The Hall–Kier alpha value is -0.820. The van der Waals surface area contributed by atoms with Gasteiger partial charge in [0, 0.05) is 6.61 Å². The maximum atomic E-state index is 11.8.